The van der Waals surface area contributed by atoms with E-state index in [1.807, 2.05) is 30.1 Å². The summed E-state index contributed by atoms with van der Waals surface area (Å²) in [5.41, 5.74) is 0.871. The van der Waals surface area contributed by atoms with Crippen molar-refractivity contribution < 1.29 is 4.79 Å². The number of benzene rings is 1. The molecule has 1 amide bonds. The molecular weight excluding hydrogens is 384 g/mol. The van der Waals surface area contributed by atoms with Crippen molar-refractivity contribution in [1.29, 1.82) is 0 Å². The lowest BCUT2D eigenvalue weighted by Crippen LogP contribution is -2.57. The minimum atomic E-state index is 0.0671. The van der Waals surface area contributed by atoms with E-state index in [9.17, 15) is 4.79 Å². The topological polar surface area (TPSA) is 23.6 Å². The predicted molar refractivity (Wildman–Crippen MR) is 89.1 cm³/mol. The van der Waals surface area contributed by atoms with Gasteiger partial charge in [0.2, 0.25) is 0 Å². The number of nitrogens with zero attached hydrogens (tertiary/aromatic N) is 2. The van der Waals surface area contributed by atoms with Gasteiger partial charge in [-0.3, -0.25) is 4.79 Å². The molecule has 0 unspecified atom stereocenters. The molecule has 0 radical (unpaired) electrons. The van der Waals surface area contributed by atoms with E-state index in [2.05, 4.69) is 50.9 Å². The molecule has 1 aliphatic carbocycles. The Morgan fingerprint density at radius 2 is 1.90 bits per heavy atom. The quantitative estimate of drug-likeness (QED) is 0.763. The van der Waals surface area contributed by atoms with Gasteiger partial charge in [-0.15, -0.1) is 0 Å². The van der Waals surface area contributed by atoms with Crippen LogP contribution in [0, 0.1) is 0 Å². The molecule has 1 aliphatic rings. The summed E-state index contributed by atoms with van der Waals surface area (Å²) in [5, 5.41) is 0. The van der Waals surface area contributed by atoms with Crippen molar-refractivity contribution in [3.63, 3.8) is 0 Å². The second-order valence-electron chi connectivity index (χ2n) is 5.76. The van der Waals surface area contributed by atoms with E-state index in [4.69, 9.17) is 0 Å². The summed E-state index contributed by atoms with van der Waals surface area (Å²) in [4.78, 5) is 16.7. The first-order valence-electron chi connectivity index (χ1n) is 6.74. The number of rotatable bonds is 4. The minimum Gasteiger partial charge on any atom is -0.340 e. The Bertz CT molecular complexity index is 513. The maximum atomic E-state index is 12.6. The fourth-order valence-corrected chi connectivity index (χ4v) is 3.93. The van der Waals surface area contributed by atoms with Gasteiger partial charge in [0.15, 0.2) is 0 Å². The Balaban J connectivity index is 2.12. The van der Waals surface area contributed by atoms with Crippen LogP contribution in [-0.2, 0) is 0 Å². The molecule has 0 saturated heterocycles. The molecule has 1 aromatic rings. The van der Waals surface area contributed by atoms with Crippen molar-refractivity contribution in [2.24, 2.45) is 0 Å². The summed E-state index contributed by atoms with van der Waals surface area (Å²) >= 11 is 6.88. The smallest absolute Gasteiger partial charge is 0.254 e. The molecule has 0 atom stereocenters. The lowest BCUT2D eigenvalue weighted by atomic mass is 9.75. The maximum Gasteiger partial charge on any atom is 0.254 e. The summed E-state index contributed by atoms with van der Waals surface area (Å²) in [6.07, 6.45) is 3.58. The average Bonchev–Trinajstić information content (AvgIpc) is 2.32. The average molecular weight is 404 g/mol. The zero-order valence-corrected chi connectivity index (χ0v) is 15.3. The second kappa shape index (κ2) is 6.16. The van der Waals surface area contributed by atoms with Crippen LogP contribution in [0.15, 0.2) is 27.1 Å². The monoisotopic (exact) mass is 402 g/mol. The molecule has 1 aromatic carbocycles. The van der Waals surface area contributed by atoms with Crippen LogP contribution in [0.3, 0.4) is 0 Å². The normalized spacial score (nSPS) is 16.9. The van der Waals surface area contributed by atoms with Crippen molar-refractivity contribution in [3.8, 4) is 0 Å². The number of carbonyl (C=O) groups excluding carboxylic acids is 1. The first-order valence-corrected chi connectivity index (χ1v) is 8.32. The molecular formula is C15H20Br2N2O. The van der Waals surface area contributed by atoms with Crippen LogP contribution in [0.2, 0.25) is 0 Å². The van der Waals surface area contributed by atoms with Crippen molar-refractivity contribution in [3.05, 3.63) is 32.7 Å². The molecule has 0 aliphatic heterocycles. The second-order valence-corrected chi connectivity index (χ2v) is 7.53. The number of hydrogen-bond acceptors (Lipinski definition) is 2. The number of carbonyl (C=O) groups is 1. The molecule has 5 heteroatoms. The maximum absolute atomic E-state index is 12.6. The van der Waals surface area contributed by atoms with E-state index in [0.29, 0.717) is 5.56 Å². The van der Waals surface area contributed by atoms with Crippen LogP contribution >= 0.6 is 31.9 Å². The Labute approximate surface area is 137 Å². The highest BCUT2D eigenvalue weighted by Gasteiger charge is 2.40. The minimum absolute atomic E-state index is 0.0671. The number of halogens is 2. The van der Waals surface area contributed by atoms with E-state index in [1.165, 1.54) is 19.3 Å². The highest BCUT2D eigenvalue weighted by atomic mass is 79.9. The zero-order valence-electron chi connectivity index (χ0n) is 12.1. The molecule has 0 spiro atoms. The Morgan fingerprint density at radius 1 is 1.25 bits per heavy atom. The van der Waals surface area contributed by atoms with Crippen LogP contribution in [0.25, 0.3) is 0 Å². The lowest BCUT2D eigenvalue weighted by Gasteiger charge is -2.49. The van der Waals surface area contributed by atoms with Crippen LogP contribution in [0.1, 0.15) is 29.6 Å². The van der Waals surface area contributed by atoms with Gasteiger partial charge in [0, 0.05) is 28.1 Å². The summed E-state index contributed by atoms with van der Waals surface area (Å²) in [7, 11) is 6.10. The SMILES string of the molecule is CN(CC1(N(C)C)CCC1)C(=O)c1ccc(Br)cc1Br. The van der Waals surface area contributed by atoms with Crippen LogP contribution in [-0.4, -0.2) is 48.9 Å². The van der Waals surface area contributed by atoms with Gasteiger partial charge in [-0.1, -0.05) is 15.9 Å². The predicted octanol–water partition coefficient (Wildman–Crippen LogP) is 3.77. The van der Waals surface area contributed by atoms with E-state index >= 15 is 0 Å². The largest absolute Gasteiger partial charge is 0.340 e. The molecule has 0 bridgehead atoms. The van der Waals surface area contributed by atoms with E-state index < -0.39 is 0 Å². The Kier molecular flexibility index (Phi) is 4.92. The molecule has 110 valence electrons. The number of hydrogen-bond donors (Lipinski definition) is 0. The van der Waals surface area contributed by atoms with E-state index in [-0.39, 0.29) is 11.4 Å². The van der Waals surface area contributed by atoms with Crippen molar-refractivity contribution in [2.75, 3.05) is 27.7 Å². The van der Waals surface area contributed by atoms with Crippen molar-refractivity contribution in [2.45, 2.75) is 24.8 Å². The van der Waals surface area contributed by atoms with Crippen LogP contribution in [0.4, 0.5) is 0 Å². The molecule has 20 heavy (non-hydrogen) atoms. The molecule has 0 N–H and O–H groups in total. The molecule has 0 aromatic heterocycles. The molecule has 0 heterocycles. The first kappa shape index (κ1) is 16.0. The molecule has 2 rings (SSSR count). The third kappa shape index (κ3) is 3.10. The lowest BCUT2D eigenvalue weighted by molar-refractivity contribution is 0.0252. The third-order valence-corrected chi connectivity index (χ3v) is 5.42. The van der Waals surface area contributed by atoms with Gasteiger partial charge in [0.05, 0.1) is 5.56 Å². The summed E-state index contributed by atoms with van der Waals surface area (Å²) in [6.45, 7) is 0.779. The Hall–Kier alpha value is -0.390. The van der Waals surface area contributed by atoms with Gasteiger partial charge in [-0.25, -0.2) is 0 Å². The van der Waals surface area contributed by atoms with Gasteiger partial charge in [0.25, 0.3) is 5.91 Å². The number of likely N-dealkylation sites (N-methyl/N-ethyl adjacent to an activating group) is 2. The van der Waals surface area contributed by atoms with Gasteiger partial charge in [-0.05, 0) is 67.5 Å². The highest BCUT2D eigenvalue weighted by molar-refractivity contribution is 9.11. The van der Waals surface area contributed by atoms with Crippen molar-refractivity contribution >= 4 is 37.8 Å². The van der Waals surface area contributed by atoms with Gasteiger partial charge in [0.1, 0.15) is 0 Å². The van der Waals surface area contributed by atoms with Crippen LogP contribution in [0.5, 0.6) is 0 Å². The zero-order chi connectivity index (χ0) is 14.9. The summed E-state index contributed by atoms with van der Waals surface area (Å²) < 4.78 is 1.79. The van der Waals surface area contributed by atoms with Crippen LogP contribution < -0.4 is 0 Å². The van der Waals surface area contributed by atoms with E-state index in [0.717, 1.165) is 15.5 Å². The van der Waals surface area contributed by atoms with Crippen molar-refractivity contribution in [1.82, 2.24) is 9.80 Å². The third-order valence-electron chi connectivity index (χ3n) is 4.27. The fourth-order valence-electron chi connectivity index (χ4n) is 2.71. The fraction of sp³-hybridized carbons (Fsp3) is 0.533. The number of amides is 1. The summed E-state index contributed by atoms with van der Waals surface area (Å²) in [5.74, 6) is 0.0671. The van der Waals surface area contributed by atoms with E-state index in [1.54, 1.807) is 0 Å². The van der Waals surface area contributed by atoms with Gasteiger partial charge >= 0.3 is 0 Å². The molecule has 3 nitrogen and oxygen atoms in total. The Morgan fingerprint density at radius 3 is 2.35 bits per heavy atom. The molecule has 1 fully saturated rings. The van der Waals surface area contributed by atoms with Gasteiger partial charge in [-0.2, -0.15) is 0 Å². The molecule has 1 saturated carbocycles. The first-order chi connectivity index (χ1) is 9.35. The highest BCUT2D eigenvalue weighted by Crippen LogP contribution is 2.37. The summed E-state index contributed by atoms with van der Waals surface area (Å²) in [6, 6.07) is 5.67. The van der Waals surface area contributed by atoms with Gasteiger partial charge < -0.3 is 9.80 Å². The standard InChI is InChI=1S/C15H20Br2N2O/c1-18(2)15(7-4-8-15)10-19(3)14(20)12-6-5-11(16)9-13(12)17/h5-6,9H,4,7-8,10H2,1-3H3.